The van der Waals surface area contributed by atoms with Crippen molar-refractivity contribution in [1.82, 2.24) is 5.32 Å². The highest BCUT2D eigenvalue weighted by atomic mass is 79.9. The first kappa shape index (κ1) is 22.3. The maximum atomic E-state index is 11.5. The second kappa shape index (κ2) is 10.6. The van der Waals surface area contributed by atoms with Crippen LogP contribution in [-0.4, -0.2) is 30.8 Å². The highest BCUT2D eigenvalue weighted by molar-refractivity contribution is 9.10. The number of hydrogen-bond donors (Lipinski definition) is 2. The Morgan fingerprint density at radius 1 is 1.17 bits per heavy atom. The normalized spacial score (nSPS) is 13.1. The monoisotopic (exact) mass is 471 g/mol. The summed E-state index contributed by atoms with van der Waals surface area (Å²) in [4.78, 5) is 11.5. The van der Waals surface area contributed by atoms with Gasteiger partial charge in [-0.2, -0.15) is 0 Å². The van der Waals surface area contributed by atoms with Crippen molar-refractivity contribution >= 4 is 21.9 Å². The molecule has 3 rings (SSSR count). The molecule has 2 N–H and O–H groups in total. The highest BCUT2D eigenvalue weighted by Gasteiger charge is 2.17. The summed E-state index contributed by atoms with van der Waals surface area (Å²) in [6, 6.07) is 17.5. The van der Waals surface area contributed by atoms with Crippen LogP contribution in [-0.2, 0) is 17.6 Å². The zero-order valence-corrected chi connectivity index (χ0v) is 18.7. The molecule has 0 saturated carbocycles. The van der Waals surface area contributed by atoms with Gasteiger partial charge in [0, 0.05) is 29.0 Å². The number of ether oxygens (including phenoxy) is 1. The van der Waals surface area contributed by atoms with Gasteiger partial charge >= 0.3 is 5.97 Å². The molecule has 0 saturated heterocycles. The van der Waals surface area contributed by atoms with E-state index in [0.717, 1.165) is 27.6 Å². The molecule has 0 spiro atoms. The molecule has 5 nitrogen and oxygen atoms in total. The number of aliphatic hydroxyl groups excluding tert-OH is 1. The number of aliphatic hydroxyl groups is 1. The summed E-state index contributed by atoms with van der Waals surface area (Å²) in [5, 5.41) is 14.0. The SMILES string of the molecule is COC(=O)c1ccc(CC(C)NCC(O)c2occc2Cc2cccc(Br)c2)cc1. The van der Waals surface area contributed by atoms with E-state index in [9.17, 15) is 9.90 Å². The molecule has 158 valence electrons. The third kappa shape index (κ3) is 6.05. The van der Waals surface area contributed by atoms with Crippen molar-refractivity contribution in [3.05, 3.63) is 93.3 Å². The first-order valence-electron chi connectivity index (χ1n) is 9.85. The first-order chi connectivity index (χ1) is 14.5. The standard InChI is InChI=1S/C24H26BrNO4/c1-16(12-17-6-8-19(9-7-17)24(28)29-2)26-15-22(27)23-20(10-11-30-23)13-18-4-3-5-21(25)14-18/h3-11,14,16,22,26-27H,12-13,15H2,1-2H3. The summed E-state index contributed by atoms with van der Waals surface area (Å²) in [5.41, 5.74) is 3.77. The van der Waals surface area contributed by atoms with E-state index in [-0.39, 0.29) is 12.0 Å². The van der Waals surface area contributed by atoms with Crippen LogP contribution in [0.25, 0.3) is 0 Å². The van der Waals surface area contributed by atoms with Crippen LogP contribution in [0.5, 0.6) is 0 Å². The van der Waals surface area contributed by atoms with Crippen LogP contribution in [0.4, 0.5) is 0 Å². The highest BCUT2D eigenvalue weighted by Crippen LogP contribution is 2.23. The maximum Gasteiger partial charge on any atom is 0.337 e. The number of methoxy groups -OCH3 is 1. The average molecular weight is 472 g/mol. The smallest absolute Gasteiger partial charge is 0.337 e. The maximum absolute atomic E-state index is 11.5. The lowest BCUT2D eigenvalue weighted by molar-refractivity contribution is 0.0600. The average Bonchev–Trinajstić information content (AvgIpc) is 3.20. The van der Waals surface area contributed by atoms with Crippen molar-refractivity contribution in [2.24, 2.45) is 0 Å². The lowest BCUT2D eigenvalue weighted by Crippen LogP contribution is -2.32. The molecule has 2 unspecified atom stereocenters. The van der Waals surface area contributed by atoms with Crippen molar-refractivity contribution in [3.63, 3.8) is 0 Å². The van der Waals surface area contributed by atoms with E-state index in [0.29, 0.717) is 24.3 Å². The van der Waals surface area contributed by atoms with Crippen LogP contribution in [0.1, 0.15) is 45.8 Å². The molecule has 0 radical (unpaired) electrons. The summed E-state index contributed by atoms with van der Waals surface area (Å²) in [6.07, 6.45) is 2.37. The number of furan rings is 1. The Kier molecular flexibility index (Phi) is 7.85. The Morgan fingerprint density at radius 3 is 2.63 bits per heavy atom. The van der Waals surface area contributed by atoms with Gasteiger partial charge in [-0.05, 0) is 54.8 Å². The minimum atomic E-state index is -0.730. The summed E-state index contributed by atoms with van der Waals surface area (Å²) in [6.45, 7) is 2.45. The number of hydrogen-bond acceptors (Lipinski definition) is 5. The zero-order chi connectivity index (χ0) is 21.5. The lowest BCUT2D eigenvalue weighted by atomic mass is 10.0. The van der Waals surface area contributed by atoms with E-state index in [1.807, 2.05) is 30.3 Å². The van der Waals surface area contributed by atoms with E-state index in [4.69, 9.17) is 9.15 Å². The van der Waals surface area contributed by atoms with Crippen LogP contribution in [0.15, 0.2) is 69.8 Å². The van der Waals surface area contributed by atoms with Gasteiger partial charge in [0.05, 0.1) is 18.9 Å². The molecule has 1 heterocycles. The molecular weight excluding hydrogens is 446 g/mol. The number of carbonyl (C=O) groups is 1. The van der Waals surface area contributed by atoms with Gasteiger partial charge in [-0.1, -0.05) is 40.2 Å². The van der Waals surface area contributed by atoms with E-state index in [2.05, 4.69) is 40.3 Å². The zero-order valence-electron chi connectivity index (χ0n) is 17.1. The Morgan fingerprint density at radius 2 is 1.93 bits per heavy atom. The Hall–Kier alpha value is -2.41. The number of nitrogens with one attached hydrogen (secondary N) is 1. The van der Waals surface area contributed by atoms with Gasteiger partial charge in [0.15, 0.2) is 0 Å². The second-order valence-corrected chi connectivity index (χ2v) is 8.25. The fraction of sp³-hybridized carbons (Fsp3) is 0.292. The van der Waals surface area contributed by atoms with Crippen LogP contribution in [0.2, 0.25) is 0 Å². The number of esters is 1. The fourth-order valence-electron chi connectivity index (χ4n) is 3.38. The summed E-state index contributed by atoms with van der Waals surface area (Å²) in [5.74, 6) is 0.255. The van der Waals surface area contributed by atoms with E-state index < -0.39 is 6.10 Å². The number of benzene rings is 2. The minimum absolute atomic E-state index is 0.145. The molecule has 6 heteroatoms. The second-order valence-electron chi connectivity index (χ2n) is 7.33. The fourth-order valence-corrected chi connectivity index (χ4v) is 3.83. The lowest BCUT2D eigenvalue weighted by Gasteiger charge is -2.17. The first-order valence-corrected chi connectivity index (χ1v) is 10.6. The molecular formula is C24H26BrNO4. The Bertz CT molecular complexity index is 967. The summed E-state index contributed by atoms with van der Waals surface area (Å²) in [7, 11) is 1.37. The van der Waals surface area contributed by atoms with Gasteiger partial charge in [-0.25, -0.2) is 4.79 Å². The molecule has 3 aromatic rings. The topological polar surface area (TPSA) is 71.7 Å². The predicted octanol–water partition coefficient (Wildman–Crippen LogP) is 4.67. The van der Waals surface area contributed by atoms with Gasteiger partial charge in [0.1, 0.15) is 11.9 Å². The molecule has 1 aromatic heterocycles. The third-order valence-corrected chi connectivity index (χ3v) is 5.44. The molecule has 0 fully saturated rings. The Labute approximate surface area is 185 Å². The molecule has 0 aliphatic rings. The van der Waals surface area contributed by atoms with Crippen LogP contribution in [0, 0.1) is 0 Å². The van der Waals surface area contributed by atoms with Crippen molar-refractivity contribution in [1.29, 1.82) is 0 Å². The molecule has 0 aliphatic carbocycles. The summed E-state index contributed by atoms with van der Waals surface area (Å²) < 4.78 is 11.3. The van der Waals surface area contributed by atoms with E-state index in [1.165, 1.54) is 7.11 Å². The van der Waals surface area contributed by atoms with Crippen LogP contribution >= 0.6 is 15.9 Å². The number of halogens is 1. The molecule has 30 heavy (non-hydrogen) atoms. The minimum Gasteiger partial charge on any atom is -0.466 e. The van der Waals surface area contributed by atoms with Gasteiger partial charge in [-0.3, -0.25) is 0 Å². The third-order valence-electron chi connectivity index (χ3n) is 4.94. The van der Waals surface area contributed by atoms with Crippen molar-refractivity contribution < 1.29 is 19.1 Å². The van der Waals surface area contributed by atoms with Crippen molar-refractivity contribution in [2.75, 3.05) is 13.7 Å². The van der Waals surface area contributed by atoms with Gasteiger partial charge in [0.2, 0.25) is 0 Å². The quantitative estimate of drug-likeness (QED) is 0.443. The molecule has 2 aromatic carbocycles. The van der Waals surface area contributed by atoms with E-state index >= 15 is 0 Å². The van der Waals surface area contributed by atoms with Crippen LogP contribution in [0.3, 0.4) is 0 Å². The number of carbonyl (C=O) groups excluding carboxylic acids is 1. The van der Waals surface area contributed by atoms with Gasteiger partial charge in [0.25, 0.3) is 0 Å². The largest absolute Gasteiger partial charge is 0.466 e. The molecule has 0 aliphatic heterocycles. The molecule has 0 amide bonds. The Balaban J connectivity index is 1.53. The van der Waals surface area contributed by atoms with Crippen LogP contribution < -0.4 is 5.32 Å². The van der Waals surface area contributed by atoms with Gasteiger partial charge in [-0.15, -0.1) is 0 Å². The summed E-state index contributed by atoms with van der Waals surface area (Å²) >= 11 is 3.49. The van der Waals surface area contributed by atoms with E-state index in [1.54, 1.807) is 18.4 Å². The van der Waals surface area contributed by atoms with Crippen molar-refractivity contribution in [2.45, 2.75) is 31.9 Å². The number of rotatable bonds is 9. The van der Waals surface area contributed by atoms with Crippen molar-refractivity contribution in [3.8, 4) is 0 Å². The molecule has 0 bridgehead atoms. The van der Waals surface area contributed by atoms with Gasteiger partial charge < -0.3 is 19.6 Å². The molecule has 2 atom stereocenters. The predicted molar refractivity (Wildman–Crippen MR) is 120 cm³/mol.